The number of benzene rings is 1. The first-order valence-electron chi connectivity index (χ1n) is 7.32. The van der Waals surface area contributed by atoms with Gasteiger partial charge in [-0.25, -0.2) is 4.79 Å². The molecule has 1 aromatic carbocycles. The van der Waals surface area contributed by atoms with Gasteiger partial charge in [-0.3, -0.25) is 9.59 Å². The molecule has 1 heterocycles. The molecule has 0 radical (unpaired) electrons. The minimum absolute atomic E-state index is 0.0872. The lowest BCUT2D eigenvalue weighted by molar-refractivity contribution is -0.151. The van der Waals surface area contributed by atoms with Crippen LogP contribution in [0.25, 0.3) is 0 Å². The van der Waals surface area contributed by atoms with Crippen LogP contribution in [-0.2, 0) is 19.1 Å². The van der Waals surface area contributed by atoms with E-state index in [0.717, 1.165) is 0 Å². The highest BCUT2D eigenvalue weighted by Gasteiger charge is 2.40. The van der Waals surface area contributed by atoms with Crippen LogP contribution in [0.4, 0.5) is 0 Å². The number of carbonyl (C=O) groups is 3. The third kappa shape index (κ3) is 4.21. The number of methoxy groups -OCH3 is 1. The molecule has 2 rings (SSSR count). The summed E-state index contributed by atoms with van der Waals surface area (Å²) in [5, 5.41) is 5.19. The van der Waals surface area contributed by atoms with E-state index in [1.165, 1.54) is 14.0 Å². The Labute approximate surface area is 134 Å². The molecule has 2 N–H and O–H groups in total. The minimum atomic E-state index is -1.35. The molecular formula is C16H20N2O5. The molecule has 23 heavy (non-hydrogen) atoms. The van der Waals surface area contributed by atoms with E-state index < -0.39 is 23.5 Å². The highest BCUT2D eigenvalue weighted by molar-refractivity contribution is 5.94. The Kier molecular flexibility index (Phi) is 5.20. The summed E-state index contributed by atoms with van der Waals surface area (Å²) in [6.07, 6.45) is 0.703. The van der Waals surface area contributed by atoms with Crippen molar-refractivity contribution in [1.82, 2.24) is 10.6 Å². The van der Waals surface area contributed by atoms with Crippen LogP contribution < -0.4 is 15.4 Å². The van der Waals surface area contributed by atoms with Crippen LogP contribution in [0.15, 0.2) is 30.3 Å². The van der Waals surface area contributed by atoms with E-state index in [0.29, 0.717) is 18.6 Å². The molecule has 124 valence electrons. The van der Waals surface area contributed by atoms with E-state index >= 15 is 0 Å². The largest absolute Gasteiger partial charge is 0.491 e. The molecule has 7 heteroatoms. The zero-order valence-corrected chi connectivity index (χ0v) is 13.1. The molecule has 1 aliphatic rings. The lowest BCUT2D eigenvalue weighted by atomic mass is 10.0. The Morgan fingerprint density at radius 1 is 1.35 bits per heavy atom. The van der Waals surface area contributed by atoms with E-state index in [2.05, 4.69) is 10.6 Å². The number of hydrogen-bond donors (Lipinski definition) is 2. The SMILES string of the molecule is COC(=O)[C@@](C)(COc1ccccc1)NC(=O)[C@H]1CCC(=O)N1. The summed E-state index contributed by atoms with van der Waals surface area (Å²) >= 11 is 0. The van der Waals surface area contributed by atoms with Gasteiger partial charge in [0.15, 0.2) is 5.54 Å². The van der Waals surface area contributed by atoms with Crippen LogP contribution in [0, 0.1) is 0 Å². The molecule has 2 atom stereocenters. The minimum Gasteiger partial charge on any atom is -0.491 e. The van der Waals surface area contributed by atoms with Gasteiger partial charge in [-0.2, -0.15) is 0 Å². The van der Waals surface area contributed by atoms with Crippen LogP contribution in [0.5, 0.6) is 5.75 Å². The number of rotatable bonds is 6. The van der Waals surface area contributed by atoms with Gasteiger partial charge in [0.1, 0.15) is 18.4 Å². The average molecular weight is 320 g/mol. The van der Waals surface area contributed by atoms with Crippen molar-refractivity contribution in [2.75, 3.05) is 13.7 Å². The van der Waals surface area contributed by atoms with Crippen molar-refractivity contribution in [1.29, 1.82) is 0 Å². The van der Waals surface area contributed by atoms with Crippen molar-refractivity contribution in [3.05, 3.63) is 30.3 Å². The van der Waals surface area contributed by atoms with E-state index in [1.807, 2.05) is 6.07 Å². The molecule has 0 aliphatic carbocycles. The first-order chi connectivity index (χ1) is 10.9. The highest BCUT2D eigenvalue weighted by Crippen LogP contribution is 2.15. The molecular weight excluding hydrogens is 300 g/mol. The lowest BCUT2D eigenvalue weighted by Gasteiger charge is -2.29. The summed E-state index contributed by atoms with van der Waals surface area (Å²) in [6.45, 7) is 1.44. The van der Waals surface area contributed by atoms with Gasteiger partial charge in [0, 0.05) is 6.42 Å². The summed E-state index contributed by atoms with van der Waals surface area (Å²) in [6, 6.07) is 8.31. The molecule has 1 aromatic rings. The Morgan fingerprint density at radius 3 is 2.61 bits per heavy atom. The molecule has 1 aliphatic heterocycles. The van der Waals surface area contributed by atoms with Crippen molar-refractivity contribution >= 4 is 17.8 Å². The van der Waals surface area contributed by atoms with Crippen molar-refractivity contribution < 1.29 is 23.9 Å². The molecule has 2 amide bonds. The highest BCUT2D eigenvalue weighted by atomic mass is 16.5. The Hall–Kier alpha value is -2.57. The number of hydrogen-bond acceptors (Lipinski definition) is 5. The Bertz CT molecular complexity index is 589. The summed E-state index contributed by atoms with van der Waals surface area (Å²) < 4.78 is 10.3. The standard InChI is InChI=1S/C16H20N2O5/c1-16(15(21)22-2,10-23-11-6-4-3-5-7-11)18-14(20)12-8-9-13(19)17-12/h3-7,12H,8-10H2,1-2H3,(H,17,19)(H,18,20)/t12-,16-/m1/s1. The predicted molar refractivity (Wildman–Crippen MR) is 81.7 cm³/mol. The number of ether oxygens (including phenoxy) is 2. The number of esters is 1. The van der Waals surface area contributed by atoms with Crippen LogP contribution in [-0.4, -0.2) is 43.1 Å². The number of nitrogens with one attached hydrogen (secondary N) is 2. The van der Waals surface area contributed by atoms with E-state index in [-0.39, 0.29) is 12.5 Å². The van der Waals surface area contributed by atoms with Gasteiger partial charge in [-0.1, -0.05) is 18.2 Å². The van der Waals surface area contributed by atoms with E-state index in [9.17, 15) is 14.4 Å². The number of carbonyl (C=O) groups excluding carboxylic acids is 3. The third-order valence-electron chi connectivity index (χ3n) is 3.62. The fourth-order valence-electron chi connectivity index (χ4n) is 2.29. The van der Waals surface area contributed by atoms with Crippen LogP contribution >= 0.6 is 0 Å². The van der Waals surface area contributed by atoms with E-state index in [1.54, 1.807) is 24.3 Å². The van der Waals surface area contributed by atoms with Gasteiger partial charge in [0.2, 0.25) is 11.8 Å². The summed E-state index contributed by atoms with van der Waals surface area (Å²) in [7, 11) is 1.24. The lowest BCUT2D eigenvalue weighted by Crippen LogP contribution is -2.59. The maximum absolute atomic E-state index is 12.2. The second-order valence-electron chi connectivity index (χ2n) is 5.57. The number of amides is 2. The molecule has 0 bridgehead atoms. The molecule has 0 spiro atoms. The van der Waals surface area contributed by atoms with Crippen LogP contribution in [0.2, 0.25) is 0 Å². The third-order valence-corrected chi connectivity index (χ3v) is 3.62. The van der Waals surface area contributed by atoms with Crippen molar-refractivity contribution in [2.24, 2.45) is 0 Å². The van der Waals surface area contributed by atoms with Gasteiger partial charge in [0.25, 0.3) is 0 Å². The monoisotopic (exact) mass is 320 g/mol. The van der Waals surface area contributed by atoms with Crippen molar-refractivity contribution in [3.63, 3.8) is 0 Å². The molecule has 0 saturated carbocycles. The second kappa shape index (κ2) is 7.13. The van der Waals surface area contributed by atoms with Gasteiger partial charge in [-0.15, -0.1) is 0 Å². The summed E-state index contributed by atoms with van der Waals surface area (Å²) in [4.78, 5) is 35.5. The van der Waals surface area contributed by atoms with Crippen LogP contribution in [0.3, 0.4) is 0 Å². The molecule has 0 aromatic heterocycles. The average Bonchev–Trinajstić information content (AvgIpc) is 3.00. The zero-order chi connectivity index (χ0) is 16.9. The molecule has 1 fully saturated rings. The van der Waals surface area contributed by atoms with Gasteiger partial charge < -0.3 is 20.1 Å². The van der Waals surface area contributed by atoms with Crippen molar-refractivity contribution in [2.45, 2.75) is 31.3 Å². The second-order valence-corrected chi connectivity index (χ2v) is 5.57. The molecule has 7 nitrogen and oxygen atoms in total. The number of para-hydroxylation sites is 1. The maximum atomic E-state index is 12.2. The van der Waals surface area contributed by atoms with Gasteiger partial charge >= 0.3 is 5.97 Å². The quantitative estimate of drug-likeness (QED) is 0.740. The van der Waals surface area contributed by atoms with E-state index in [4.69, 9.17) is 9.47 Å². The normalized spacial score (nSPS) is 19.4. The van der Waals surface area contributed by atoms with Crippen LogP contribution in [0.1, 0.15) is 19.8 Å². The first-order valence-corrected chi connectivity index (χ1v) is 7.32. The topological polar surface area (TPSA) is 93.7 Å². The fourth-order valence-corrected chi connectivity index (χ4v) is 2.29. The van der Waals surface area contributed by atoms with Gasteiger partial charge in [-0.05, 0) is 25.5 Å². The molecule has 0 unspecified atom stereocenters. The predicted octanol–water partition coefficient (Wildman–Crippen LogP) is 0.392. The Balaban J connectivity index is 2.04. The summed E-state index contributed by atoms with van der Waals surface area (Å²) in [5.74, 6) is -0.650. The first kappa shape index (κ1) is 16.8. The Morgan fingerprint density at radius 2 is 2.04 bits per heavy atom. The summed E-state index contributed by atoms with van der Waals surface area (Å²) in [5.41, 5.74) is -1.35. The maximum Gasteiger partial charge on any atom is 0.334 e. The van der Waals surface area contributed by atoms with Gasteiger partial charge in [0.05, 0.1) is 7.11 Å². The fraction of sp³-hybridized carbons (Fsp3) is 0.438. The zero-order valence-electron chi connectivity index (χ0n) is 13.1. The molecule has 1 saturated heterocycles. The van der Waals surface area contributed by atoms with Crippen molar-refractivity contribution in [3.8, 4) is 5.75 Å². The smallest absolute Gasteiger partial charge is 0.334 e.